The first-order valence-electron chi connectivity index (χ1n) is 9.49. The Morgan fingerprint density at radius 1 is 1.15 bits per heavy atom. The summed E-state index contributed by atoms with van der Waals surface area (Å²) in [6.07, 6.45) is 11.9. The standard InChI is InChI=1S/C16H22O2.C5H5.C2H7Si.Ti/c1-13(17-5)11-14(16(2,3)4)12-18-15-9-7-6-8-10-15;1-2-4-5-3-1;1-3-2;/h6-12H,1-5H3;1-3H,4H2;3H,1-2H3;. The molecule has 27 heavy (non-hydrogen) atoms. The van der Waals surface area contributed by atoms with Gasteiger partial charge < -0.3 is 9.47 Å². The fourth-order valence-corrected chi connectivity index (χ4v) is 8.03. The molecule has 0 atom stereocenters. The molecule has 0 bridgehead atoms. The molecule has 0 saturated carbocycles. The van der Waals surface area contributed by atoms with Gasteiger partial charge in [-0.2, -0.15) is 0 Å². The van der Waals surface area contributed by atoms with E-state index in [9.17, 15) is 0 Å². The normalized spacial score (nSPS) is 14.4. The van der Waals surface area contributed by atoms with Crippen molar-refractivity contribution in [2.45, 2.75) is 47.2 Å². The van der Waals surface area contributed by atoms with Crippen LogP contribution in [0.4, 0.5) is 0 Å². The van der Waals surface area contributed by atoms with Gasteiger partial charge in [0, 0.05) is 0 Å². The van der Waals surface area contributed by atoms with Crippen LogP contribution in [0.25, 0.3) is 0 Å². The molecule has 0 fully saturated rings. The van der Waals surface area contributed by atoms with E-state index in [4.69, 9.17) is 9.47 Å². The van der Waals surface area contributed by atoms with Crippen LogP contribution in [0.15, 0.2) is 76.1 Å². The van der Waals surface area contributed by atoms with Crippen LogP contribution in [0.3, 0.4) is 0 Å². The van der Waals surface area contributed by atoms with E-state index in [1.807, 2.05) is 43.3 Å². The molecule has 1 aromatic carbocycles. The molecular formula is C23H34O2SiTi. The number of para-hydroxylation sites is 1. The van der Waals surface area contributed by atoms with Crippen molar-refractivity contribution >= 4 is 6.66 Å². The molecule has 0 aliphatic heterocycles. The molecular weight excluding hydrogens is 384 g/mol. The molecule has 0 N–H and O–H groups in total. The average Bonchev–Trinajstić information content (AvgIpc) is 3.11. The van der Waals surface area contributed by atoms with Crippen LogP contribution in [-0.2, 0) is 23.1 Å². The van der Waals surface area contributed by atoms with Gasteiger partial charge in [0.25, 0.3) is 0 Å². The van der Waals surface area contributed by atoms with E-state index in [1.54, 1.807) is 17.2 Å². The number of hydrogen-bond acceptors (Lipinski definition) is 2. The number of benzene rings is 1. The van der Waals surface area contributed by atoms with Gasteiger partial charge >= 0.3 is 66.7 Å². The molecule has 0 saturated heterocycles. The molecule has 1 aliphatic carbocycles. The van der Waals surface area contributed by atoms with Crippen molar-refractivity contribution in [2.24, 2.45) is 5.41 Å². The molecule has 0 heterocycles. The summed E-state index contributed by atoms with van der Waals surface area (Å²) in [4.78, 5) is 0. The van der Waals surface area contributed by atoms with E-state index in [-0.39, 0.29) is 12.1 Å². The van der Waals surface area contributed by atoms with Gasteiger partial charge in [0.15, 0.2) is 0 Å². The molecule has 1 aliphatic rings. The van der Waals surface area contributed by atoms with Gasteiger partial charge in [0.1, 0.15) is 5.75 Å². The zero-order valence-corrected chi connectivity index (χ0v) is 20.6. The molecule has 4 heteroatoms. The van der Waals surface area contributed by atoms with Gasteiger partial charge in [-0.25, -0.2) is 0 Å². The number of methoxy groups -OCH3 is 1. The third kappa shape index (κ3) is 10.6. The summed E-state index contributed by atoms with van der Waals surface area (Å²) in [7, 11) is 1.67. The van der Waals surface area contributed by atoms with Crippen LogP contribution < -0.4 is 4.74 Å². The fourth-order valence-electron chi connectivity index (χ4n) is 2.26. The maximum absolute atomic E-state index is 5.68. The molecule has 0 unspecified atom stereocenters. The summed E-state index contributed by atoms with van der Waals surface area (Å²) >= 11 is 0.375. The third-order valence-corrected chi connectivity index (χ3v) is 9.83. The summed E-state index contributed by atoms with van der Waals surface area (Å²) in [5.41, 5.74) is 1.10. The second-order valence-electron chi connectivity index (χ2n) is 7.84. The maximum atomic E-state index is 5.68. The zero-order chi connectivity index (χ0) is 20.3. The van der Waals surface area contributed by atoms with E-state index in [2.05, 4.69) is 52.1 Å². The zero-order valence-electron chi connectivity index (χ0n) is 17.9. The van der Waals surface area contributed by atoms with Crippen LogP contribution >= 0.6 is 0 Å². The molecule has 2 rings (SSSR count). The summed E-state index contributed by atoms with van der Waals surface area (Å²) in [6, 6.07) is 9.75. The van der Waals surface area contributed by atoms with Crippen LogP contribution in [-0.4, -0.2) is 13.8 Å². The minimum atomic E-state index is -0.207. The van der Waals surface area contributed by atoms with Crippen molar-refractivity contribution in [1.82, 2.24) is 0 Å². The Morgan fingerprint density at radius 2 is 1.81 bits per heavy atom. The SMILES string of the molecule is COC(C)=CC(=COc1ccccc1)C(C)(C)C.C[SiH](C)[Ti][C]1=CC=CC1. The van der Waals surface area contributed by atoms with Gasteiger partial charge in [-0.1, -0.05) is 39.0 Å². The van der Waals surface area contributed by atoms with Crippen molar-refractivity contribution in [3.63, 3.8) is 0 Å². The summed E-state index contributed by atoms with van der Waals surface area (Å²) in [5.74, 6) is 1.70. The van der Waals surface area contributed by atoms with Gasteiger partial charge in [0.2, 0.25) is 0 Å². The van der Waals surface area contributed by atoms with Gasteiger partial charge in [-0.3, -0.25) is 0 Å². The Balaban J connectivity index is 0.000000337. The van der Waals surface area contributed by atoms with Gasteiger partial charge in [0.05, 0.1) is 19.1 Å². The fraction of sp³-hybridized carbons (Fsp3) is 0.391. The van der Waals surface area contributed by atoms with E-state index in [0.717, 1.165) is 17.1 Å². The Hall–Kier alpha value is -1.29. The summed E-state index contributed by atoms with van der Waals surface area (Å²) in [5, 5.41) is 0. The topological polar surface area (TPSA) is 18.5 Å². The molecule has 1 aromatic rings. The molecule has 0 amide bonds. The molecule has 0 spiro atoms. The van der Waals surface area contributed by atoms with Crippen LogP contribution in [0, 0.1) is 5.41 Å². The van der Waals surface area contributed by atoms with Crippen molar-refractivity contribution in [1.29, 1.82) is 0 Å². The number of allylic oxidation sites excluding steroid dienone is 7. The first kappa shape index (κ1) is 23.8. The van der Waals surface area contributed by atoms with Crippen molar-refractivity contribution < 1.29 is 27.9 Å². The second kappa shape index (κ2) is 12.2. The number of rotatable bonds is 6. The predicted octanol–water partition coefficient (Wildman–Crippen LogP) is 6.44. The van der Waals surface area contributed by atoms with E-state index in [0.29, 0.717) is 18.4 Å². The molecule has 0 aromatic heterocycles. The Labute approximate surface area is 175 Å². The van der Waals surface area contributed by atoms with Crippen molar-refractivity contribution in [3.05, 3.63) is 76.1 Å². The first-order chi connectivity index (χ1) is 12.7. The first-order valence-corrected chi connectivity index (χ1v) is 15.9. The third-order valence-electron chi connectivity index (χ3n) is 3.86. The van der Waals surface area contributed by atoms with E-state index < -0.39 is 0 Å². The van der Waals surface area contributed by atoms with Crippen LogP contribution in [0.2, 0.25) is 13.1 Å². The minimum absolute atomic E-state index is 0.00850. The van der Waals surface area contributed by atoms with Crippen molar-refractivity contribution in [2.75, 3.05) is 7.11 Å². The summed E-state index contributed by atoms with van der Waals surface area (Å²) < 4.78 is 12.6. The molecule has 0 radical (unpaired) electrons. The monoisotopic (exact) mass is 418 g/mol. The quantitative estimate of drug-likeness (QED) is 0.301. The number of hydrogen-bond donors (Lipinski definition) is 0. The van der Waals surface area contributed by atoms with Gasteiger partial charge in [-0.15, -0.1) is 0 Å². The Bertz CT molecular complexity index is 680. The molecule has 2 nitrogen and oxygen atoms in total. The summed E-state index contributed by atoms with van der Waals surface area (Å²) in [6.45, 7) is 13.1. The van der Waals surface area contributed by atoms with E-state index in [1.165, 1.54) is 6.42 Å². The Morgan fingerprint density at radius 3 is 2.30 bits per heavy atom. The van der Waals surface area contributed by atoms with Crippen LogP contribution in [0.5, 0.6) is 5.75 Å². The molecule has 146 valence electrons. The predicted molar refractivity (Wildman–Crippen MR) is 116 cm³/mol. The van der Waals surface area contributed by atoms with Gasteiger partial charge in [-0.05, 0) is 36.1 Å². The van der Waals surface area contributed by atoms with E-state index >= 15 is 0 Å². The van der Waals surface area contributed by atoms with Crippen LogP contribution in [0.1, 0.15) is 34.1 Å². The average molecular weight is 418 g/mol. The number of ether oxygens (including phenoxy) is 2. The van der Waals surface area contributed by atoms with Crippen molar-refractivity contribution in [3.8, 4) is 5.75 Å². The second-order valence-corrected chi connectivity index (χ2v) is 18.2. The Kier molecular flexibility index (Phi) is 10.8.